The Hall–Kier alpha value is -1.58. The van der Waals surface area contributed by atoms with E-state index in [2.05, 4.69) is 0 Å². The van der Waals surface area contributed by atoms with Crippen LogP contribution in [0, 0.1) is 0 Å². The minimum atomic E-state index is -1.16. The molecule has 0 unspecified atom stereocenters. The molecule has 0 aliphatic heterocycles. The minimum absolute atomic E-state index is 0.148. The van der Waals surface area contributed by atoms with Crippen LogP contribution in [-0.2, 0) is 6.54 Å². The van der Waals surface area contributed by atoms with E-state index in [4.69, 9.17) is 5.11 Å². The number of nitrogens with zero attached hydrogens (tertiary/aromatic N) is 1. The number of aromatic carboxylic acids is 1. The summed E-state index contributed by atoms with van der Waals surface area (Å²) in [4.78, 5) is 22.9. The van der Waals surface area contributed by atoms with Crippen LogP contribution in [0.4, 0.5) is 0 Å². The zero-order valence-corrected chi connectivity index (χ0v) is 10.6. The highest BCUT2D eigenvalue weighted by atomic mass is 16.4. The van der Waals surface area contributed by atoms with Crippen LogP contribution in [0.25, 0.3) is 0 Å². The van der Waals surface area contributed by atoms with Gasteiger partial charge in [-0.15, -0.1) is 0 Å². The van der Waals surface area contributed by atoms with E-state index in [-0.39, 0.29) is 11.5 Å². The summed E-state index contributed by atoms with van der Waals surface area (Å²) < 4.78 is 1.59. The van der Waals surface area contributed by atoms with Crippen molar-refractivity contribution in [3.63, 3.8) is 0 Å². The van der Waals surface area contributed by atoms with E-state index in [0.29, 0.717) is 6.54 Å². The molecule has 4 heteroatoms. The molecule has 1 N–H and O–H groups in total. The van der Waals surface area contributed by atoms with Gasteiger partial charge in [-0.25, -0.2) is 4.79 Å². The molecule has 1 rings (SSSR count). The number of pyridine rings is 1. The largest absolute Gasteiger partial charge is 0.477 e. The van der Waals surface area contributed by atoms with Crippen LogP contribution in [0.1, 0.15) is 55.6 Å². The summed E-state index contributed by atoms with van der Waals surface area (Å²) in [7, 11) is 0. The number of unbranched alkanes of at least 4 members (excludes halogenated alkanes) is 1. The normalized spacial score (nSPS) is 10.8. The summed E-state index contributed by atoms with van der Waals surface area (Å²) in [6.07, 6.45) is 1.85. The van der Waals surface area contributed by atoms with Crippen LogP contribution in [0.5, 0.6) is 0 Å². The number of carboxylic acids is 1. The third-order valence-corrected chi connectivity index (χ3v) is 2.77. The monoisotopic (exact) mass is 237 g/mol. The molecule has 0 amide bonds. The molecule has 0 saturated carbocycles. The van der Waals surface area contributed by atoms with Gasteiger partial charge in [0.05, 0.1) is 0 Å². The van der Waals surface area contributed by atoms with Gasteiger partial charge in [0.1, 0.15) is 5.56 Å². The lowest BCUT2D eigenvalue weighted by Crippen LogP contribution is -2.29. The molecule has 0 aromatic carbocycles. The molecule has 17 heavy (non-hydrogen) atoms. The average Bonchev–Trinajstić information content (AvgIpc) is 2.26. The number of rotatable bonds is 5. The Morgan fingerprint density at radius 2 is 2.06 bits per heavy atom. The van der Waals surface area contributed by atoms with Crippen molar-refractivity contribution in [2.75, 3.05) is 0 Å². The third kappa shape index (κ3) is 2.96. The maximum absolute atomic E-state index is 12.0. The summed E-state index contributed by atoms with van der Waals surface area (Å²) in [6.45, 7) is 6.63. The van der Waals surface area contributed by atoms with Crippen LogP contribution in [0.15, 0.2) is 16.9 Å². The van der Waals surface area contributed by atoms with Gasteiger partial charge in [-0.2, -0.15) is 0 Å². The second-order valence-corrected chi connectivity index (χ2v) is 4.44. The number of carbonyl (C=O) groups is 1. The Labute approximate surface area is 101 Å². The van der Waals surface area contributed by atoms with E-state index in [1.807, 2.05) is 20.8 Å². The second kappa shape index (κ2) is 5.66. The Bertz CT molecular complexity index is 460. The van der Waals surface area contributed by atoms with E-state index in [1.54, 1.807) is 10.6 Å². The van der Waals surface area contributed by atoms with Crippen LogP contribution < -0.4 is 5.56 Å². The zero-order chi connectivity index (χ0) is 13.0. The molecule has 0 spiro atoms. The van der Waals surface area contributed by atoms with Gasteiger partial charge in [-0.1, -0.05) is 27.2 Å². The second-order valence-electron chi connectivity index (χ2n) is 4.44. The van der Waals surface area contributed by atoms with Gasteiger partial charge in [0.15, 0.2) is 0 Å². The first-order valence-corrected chi connectivity index (χ1v) is 5.96. The van der Waals surface area contributed by atoms with E-state index in [9.17, 15) is 9.59 Å². The minimum Gasteiger partial charge on any atom is -0.477 e. The molecular weight excluding hydrogens is 218 g/mol. The van der Waals surface area contributed by atoms with Gasteiger partial charge >= 0.3 is 5.97 Å². The lowest BCUT2D eigenvalue weighted by atomic mass is 10.1. The van der Waals surface area contributed by atoms with E-state index in [0.717, 1.165) is 18.5 Å². The topological polar surface area (TPSA) is 59.3 Å². The zero-order valence-electron chi connectivity index (χ0n) is 10.6. The third-order valence-electron chi connectivity index (χ3n) is 2.77. The maximum Gasteiger partial charge on any atom is 0.341 e. The Balaban J connectivity index is 3.31. The van der Waals surface area contributed by atoms with E-state index >= 15 is 0 Å². The van der Waals surface area contributed by atoms with Crippen molar-refractivity contribution in [2.24, 2.45) is 0 Å². The highest BCUT2D eigenvalue weighted by Gasteiger charge is 2.15. The molecule has 94 valence electrons. The van der Waals surface area contributed by atoms with Crippen molar-refractivity contribution < 1.29 is 9.90 Å². The fourth-order valence-electron chi connectivity index (χ4n) is 1.81. The van der Waals surface area contributed by atoms with E-state index < -0.39 is 11.5 Å². The number of carboxylic acid groups (broad SMARTS) is 1. The molecule has 0 fully saturated rings. The SMILES string of the molecule is CCCCn1c(C(C)C)ccc(C(=O)O)c1=O. The van der Waals surface area contributed by atoms with Gasteiger partial charge in [0.2, 0.25) is 0 Å². The Kier molecular flexibility index (Phi) is 4.49. The standard InChI is InChI=1S/C13H19NO3/c1-4-5-8-14-11(9(2)3)7-6-10(12(14)15)13(16)17/h6-7,9H,4-5,8H2,1-3H3,(H,16,17). The van der Waals surface area contributed by atoms with Gasteiger partial charge in [-0.05, 0) is 24.5 Å². The molecule has 1 heterocycles. The first-order valence-electron chi connectivity index (χ1n) is 5.96. The predicted molar refractivity (Wildman–Crippen MR) is 66.7 cm³/mol. The Morgan fingerprint density at radius 1 is 1.41 bits per heavy atom. The summed E-state index contributed by atoms with van der Waals surface area (Å²) in [5.41, 5.74) is 0.358. The highest BCUT2D eigenvalue weighted by molar-refractivity contribution is 5.87. The molecule has 1 aromatic rings. The van der Waals surface area contributed by atoms with E-state index in [1.165, 1.54) is 6.07 Å². The van der Waals surface area contributed by atoms with Crippen LogP contribution >= 0.6 is 0 Å². The van der Waals surface area contributed by atoms with Gasteiger partial charge < -0.3 is 9.67 Å². The quantitative estimate of drug-likeness (QED) is 0.855. The van der Waals surface area contributed by atoms with Crippen LogP contribution in [0.2, 0.25) is 0 Å². The number of aromatic nitrogens is 1. The first kappa shape index (κ1) is 13.5. The first-order chi connectivity index (χ1) is 7.99. The van der Waals surface area contributed by atoms with Crippen molar-refractivity contribution in [3.8, 4) is 0 Å². The Morgan fingerprint density at radius 3 is 2.53 bits per heavy atom. The predicted octanol–water partition coefficient (Wildman–Crippen LogP) is 2.47. The molecule has 0 saturated heterocycles. The van der Waals surface area contributed by atoms with Crippen molar-refractivity contribution in [1.29, 1.82) is 0 Å². The summed E-state index contributed by atoms with van der Waals surface area (Å²) in [5.74, 6) is -0.946. The molecular formula is C13H19NO3. The lowest BCUT2D eigenvalue weighted by Gasteiger charge is -2.15. The molecule has 1 aromatic heterocycles. The van der Waals surface area contributed by atoms with Crippen LogP contribution in [0.3, 0.4) is 0 Å². The molecule has 4 nitrogen and oxygen atoms in total. The van der Waals surface area contributed by atoms with Gasteiger partial charge in [0, 0.05) is 12.2 Å². The summed E-state index contributed by atoms with van der Waals surface area (Å²) in [5, 5.41) is 8.93. The van der Waals surface area contributed by atoms with Gasteiger partial charge in [0.25, 0.3) is 5.56 Å². The summed E-state index contributed by atoms with van der Waals surface area (Å²) in [6, 6.07) is 3.15. The highest BCUT2D eigenvalue weighted by Crippen LogP contribution is 2.13. The van der Waals surface area contributed by atoms with Crippen molar-refractivity contribution in [1.82, 2.24) is 4.57 Å². The molecule has 0 atom stereocenters. The fraction of sp³-hybridized carbons (Fsp3) is 0.538. The molecule has 0 radical (unpaired) electrons. The fourth-order valence-corrected chi connectivity index (χ4v) is 1.81. The summed E-state index contributed by atoms with van der Waals surface area (Å²) >= 11 is 0. The smallest absolute Gasteiger partial charge is 0.341 e. The van der Waals surface area contributed by atoms with Crippen LogP contribution in [-0.4, -0.2) is 15.6 Å². The lowest BCUT2D eigenvalue weighted by molar-refractivity contribution is 0.0694. The molecule has 0 aliphatic carbocycles. The van der Waals surface area contributed by atoms with Gasteiger partial charge in [-0.3, -0.25) is 4.79 Å². The van der Waals surface area contributed by atoms with Crippen molar-refractivity contribution >= 4 is 5.97 Å². The number of hydrogen-bond acceptors (Lipinski definition) is 2. The van der Waals surface area contributed by atoms with Crippen molar-refractivity contribution in [3.05, 3.63) is 33.7 Å². The molecule has 0 bridgehead atoms. The average molecular weight is 237 g/mol. The molecule has 0 aliphatic rings. The van der Waals surface area contributed by atoms with Crippen molar-refractivity contribution in [2.45, 2.75) is 46.1 Å². The maximum atomic E-state index is 12.0. The number of hydrogen-bond donors (Lipinski definition) is 1.